The standard InChI is InChI=1S/C23H22F3N3O4/c1-4-33-21(31)18-13(2)29(3)22(32)28-19(18)14-7-6-10-17(12-14)27-20(30)15-8-5-9-16(11-15)23(24,25)26/h5-12,19H,4H2,1-3H3,(H,27,30)(H,28,32). The number of nitrogens with one attached hydrogen (secondary N) is 2. The fourth-order valence-corrected chi connectivity index (χ4v) is 3.39. The average Bonchev–Trinajstić information content (AvgIpc) is 2.77. The lowest BCUT2D eigenvalue weighted by molar-refractivity contribution is -0.139. The maximum absolute atomic E-state index is 13.0. The zero-order chi connectivity index (χ0) is 24.3. The number of carbonyl (C=O) groups excluding carboxylic acids is 3. The van der Waals surface area contributed by atoms with E-state index in [9.17, 15) is 27.6 Å². The molecule has 7 nitrogen and oxygen atoms in total. The van der Waals surface area contributed by atoms with Crippen molar-refractivity contribution in [1.29, 1.82) is 0 Å². The number of urea groups is 1. The Morgan fingerprint density at radius 1 is 1.15 bits per heavy atom. The minimum absolute atomic E-state index is 0.146. The van der Waals surface area contributed by atoms with Crippen molar-refractivity contribution < 1.29 is 32.3 Å². The topological polar surface area (TPSA) is 87.7 Å². The highest BCUT2D eigenvalue weighted by Gasteiger charge is 2.35. The summed E-state index contributed by atoms with van der Waals surface area (Å²) < 4.78 is 44.0. The fourth-order valence-electron chi connectivity index (χ4n) is 3.39. The molecule has 174 valence electrons. The first-order valence-electron chi connectivity index (χ1n) is 10.0. The first-order valence-corrected chi connectivity index (χ1v) is 10.0. The number of anilines is 1. The summed E-state index contributed by atoms with van der Waals surface area (Å²) in [5.41, 5.74) is 0.328. The highest BCUT2D eigenvalue weighted by atomic mass is 19.4. The van der Waals surface area contributed by atoms with Crippen LogP contribution in [0.5, 0.6) is 0 Å². The van der Waals surface area contributed by atoms with E-state index in [1.165, 1.54) is 24.1 Å². The molecule has 0 saturated heterocycles. The average molecular weight is 461 g/mol. The van der Waals surface area contributed by atoms with Crippen LogP contribution in [0.4, 0.5) is 23.7 Å². The minimum Gasteiger partial charge on any atom is -0.463 e. The maximum Gasteiger partial charge on any atom is 0.416 e. The molecule has 0 spiro atoms. The largest absolute Gasteiger partial charge is 0.463 e. The van der Waals surface area contributed by atoms with Crippen molar-refractivity contribution in [2.75, 3.05) is 19.0 Å². The summed E-state index contributed by atoms with van der Waals surface area (Å²) >= 11 is 0. The number of alkyl halides is 3. The fraction of sp³-hybridized carbons (Fsp3) is 0.261. The number of ether oxygens (including phenoxy) is 1. The highest BCUT2D eigenvalue weighted by molar-refractivity contribution is 6.04. The molecule has 1 heterocycles. The van der Waals surface area contributed by atoms with E-state index in [1.54, 1.807) is 32.0 Å². The number of allylic oxidation sites excluding steroid dienone is 1. The lowest BCUT2D eigenvalue weighted by Gasteiger charge is -2.33. The van der Waals surface area contributed by atoms with E-state index in [-0.39, 0.29) is 23.4 Å². The van der Waals surface area contributed by atoms with E-state index in [1.807, 2.05) is 0 Å². The molecular weight excluding hydrogens is 439 g/mol. The number of nitrogens with zero attached hydrogens (tertiary/aromatic N) is 1. The van der Waals surface area contributed by atoms with E-state index < -0.39 is 35.7 Å². The Hall–Kier alpha value is -3.82. The first-order chi connectivity index (χ1) is 15.5. The second kappa shape index (κ2) is 9.35. The van der Waals surface area contributed by atoms with Crippen LogP contribution in [-0.2, 0) is 15.7 Å². The Balaban J connectivity index is 1.91. The van der Waals surface area contributed by atoms with Gasteiger partial charge >= 0.3 is 18.2 Å². The van der Waals surface area contributed by atoms with E-state index in [2.05, 4.69) is 10.6 Å². The van der Waals surface area contributed by atoms with Gasteiger partial charge in [-0.25, -0.2) is 9.59 Å². The Morgan fingerprint density at radius 2 is 1.85 bits per heavy atom. The Kier molecular flexibility index (Phi) is 6.75. The first kappa shape index (κ1) is 23.8. The van der Waals surface area contributed by atoms with Gasteiger partial charge in [0.1, 0.15) is 0 Å². The Labute approximate surface area is 188 Å². The Morgan fingerprint density at radius 3 is 2.52 bits per heavy atom. The number of rotatable bonds is 5. The predicted molar refractivity (Wildman–Crippen MR) is 114 cm³/mol. The summed E-state index contributed by atoms with van der Waals surface area (Å²) in [4.78, 5) is 38.8. The molecule has 0 radical (unpaired) electrons. The van der Waals surface area contributed by atoms with Crippen LogP contribution < -0.4 is 10.6 Å². The van der Waals surface area contributed by atoms with Crippen LogP contribution in [0.25, 0.3) is 0 Å². The van der Waals surface area contributed by atoms with Gasteiger partial charge in [0, 0.05) is 24.0 Å². The molecule has 2 N–H and O–H groups in total. The number of benzene rings is 2. The molecule has 1 aliphatic heterocycles. The van der Waals surface area contributed by atoms with Crippen LogP contribution in [0.2, 0.25) is 0 Å². The van der Waals surface area contributed by atoms with Crippen molar-refractivity contribution >= 4 is 23.6 Å². The van der Waals surface area contributed by atoms with E-state index in [0.29, 0.717) is 11.3 Å². The SMILES string of the molecule is CCOC(=O)C1=C(C)N(C)C(=O)NC1c1cccc(NC(=O)c2cccc(C(F)(F)F)c2)c1. The van der Waals surface area contributed by atoms with Gasteiger partial charge in [0.15, 0.2) is 0 Å². The van der Waals surface area contributed by atoms with Gasteiger partial charge in [-0.05, 0) is 49.7 Å². The molecule has 3 rings (SSSR count). The summed E-state index contributed by atoms with van der Waals surface area (Å²) in [5, 5.41) is 5.28. The van der Waals surface area contributed by atoms with Crippen LogP contribution in [0.3, 0.4) is 0 Å². The molecule has 0 aliphatic carbocycles. The summed E-state index contributed by atoms with van der Waals surface area (Å²) in [6.45, 7) is 3.43. The molecule has 10 heteroatoms. The number of hydrogen-bond acceptors (Lipinski definition) is 4. The quantitative estimate of drug-likeness (QED) is 0.643. The molecule has 2 aromatic carbocycles. The van der Waals surface area contributed by atoms with Crippen molar-refractivity contribution in [3.8, 4) is 0 Å². The van der Waals surface area contributed by atoms with Crippen LogP contribution in [0, 0.1) is 0 Å². The van der Waals surface area contributed by atoms with Gasteiger partial charge in [0.05, 0.1) is 23.8 Å². The van der Waals surface area contributed by atoms with Crippen molar-refractivity contribution in [3.63, 3.8) is 0 Å². The third-order valence-corrected chi connectivity index (χ3v) is 5.18. The second-order valence-electron chi connectivity index (χ2n) is 7.32. The molecule has 0 bridgehead atoms. The Bertz CT molecular complexity index is 1130. The molecule has 1 aliphatic rings. The highest BCUT2D eigenvalue weighted by Crippen LogP contribution is 2.32. The van der Waals surface area contributed by atoms with Crippen LogP contribution in [-0.4, -0.2) is 36.5 Å². The second-order valence-corrected chi connectivity index (χ2v) is 7.32. The van der Waals surface area contributed by atoms with Gasteiger partial charge in [0.25, 0.3) is 5.91 Å². The summed E-state index contributed by atoms with van der Waals surface area (Å²) in [7, 11) is 1.52. The molecule has 1 unspecified atom stereocenters. The lowest BCUT2D eigenvalue weighted by atomic mass is 9.94. The van der Waals surface area contributed by atoms with E-state index in [0.717, 1.165) is 18.2 Å². The molecular formula is C23H22F3N3O4. The summed E-state index contributed by atoms with van der Waals surface area (Å²) in [5.74, 6) is -1.33. The molecule has 2 aromatic rings. The van der Waals surface area contributed by atoms with Gasteiger partial charge < -0.3 is 20.3 Å². The predicted octanol–water partition coefficient (Wildman–Crippen LogP) is 4.49. The number of amides is 3. The molecule has 0 fully saturated rings. The number of hydrogen-bond donors (Lipinski definition) is 2. The molecule has 0 aromatic heterocycles. The number of halogens is 3. The van der Waals surface area contributed by atoms with E-state index >= 15 is 0 Å². The monoisotopic (exact) mass is 461 g/mol. The number of esters is 1. The van der Waals surface area contributed by atoms with Gasteiger partial charge in [-0.15, -0.1) is 0 Å². The molecule has 33 heavy (non-hydrogen) atoms. The minimum atomic E-state index is -4.57. The number of carbonyl (C=O) groups is 3. The molecule has 3 amide bonds. The summed E-state index contributed by atoms with van der Waals surface area (Å²) in [6, 6.07) is 9.15. The smallest absolute Gasteiger partial charge is 0.416 e. The lowest BCUT2D eigenvalue weighted by Crippen LogP contribution is -2.46. The van der Waals surface area contributed by atoms with Crippen molar-refractivity contribution in [1.82, 2.24) is 10.2 Å². The van der Waals surface area contributed by atoms with Crippen LogP contribution in [0.15, 0.2) is 59.8 Å². The van der Waals surface area contributed by atoms with Crippen molar-refractivity contribution in [3.05, 3.63) is 76.5 Å². The van der Waals surface area contributed by atoms with Crippen molar-refractivity contribution in [2.45, 2.75) is 26.1 Å². The van der Waals surface area contributed by atoms with Gasteiger partial charge in [0.2, 0.25) is 0 Å². The normalized spacial score (nSPS) is 16.4. The van der Waals surface area contributed by atoms with E-state index in [4.69, 9.17) is 4.74 Å². The zero-order valence-electron chi connectivity index (χ0n) is 18.1. The zero-order valence-corrected chi connectivity index (χ0v) is 18.1. The van der Waals surface area contributed by atoms with Gasteiger partial charge in [-0.3, -0.25) is 4.79 Å². The summed E-state index contributed by atoms with van der Waals surface area (Å²) in [6.07, 6.45) is -4.57. The molecule has 1 atom stereocenters. The third-order valence-electron chi connectivity index (χ3n) is 5.18. The third kappa shape index (κ3) is 5.16. The van der Waals surface area contributed by atoms with Gasteiger partial charge in [-0.2, -0.15) is 13.2 Å². The van der Waals surface area contributed by atoms with Crippen LogP contribution in [0.1, 0.15) is 41.4 Å². The van der Waals surface area contributed by atoms with Crippen LogP contribution >= 0.6 is 0 Å². The van der Waals surface area contributed by atoms with Crippen molar-refractivity contribution in [2.24, 2.45) is 0 Å². The maximum atomic E-state index is 13.0. The van der Waals surface area contributed by atoms with Gasteiger partial charge in [-0.1, -0.05) is 18.2 Å². The molecule has 0 saturated carbocycles.